The SMILES string of the molecule is CN[C@@H]1CN(c2c(F)cc3c(=O)c(C(=O)O)cn(C4CC4)c3c2OC(F)F)CC1(C)C. The number of pyridine rings is 1. The molecule has 7 nitrogen and oxygen atoms in total. The number of aromatic carboxylic acids is 1. The van der Waals surface area contributed by atoms with Crippen LogP contribution in [-0.4, -0.2) is 48.4 Å². The van der Waals surface area contributed by atoms with Gasteiger partial charge in [0.05, 0.1) is 10.9 Å². The molecule has 0 unspecified atom stereocenters. The maximum Gasteiger partial charge on any atom is 0.387 e. The Kier molecular flexibility index (Phi) is 5.15. The molecule has 4 rings (SSSR count). The Labute approximate surface area is 176 Å². The Morgan fingerprint density at radius 3 is 2.55 bits per heavy atom. The van der Waals surface area contributed by atoms with Crippen molar-refractivity contribution in [3.63, 3.8) is 0 Å². The molecule has 2 aromatic rings. The van der Waals surface area contributed by atoms with Gasteiger partial charge in [-0.25, -0.2) is 9.18 Å². The van der Waals surface area contributed by atoms with Crippen LogP contribution in [0.25, 0.3) is 10.9 Å². The first kappa shape index (κ1) is 21.5. The first-order chi connectivity index (χ1) is 14.5. The minimum atomic E-state index is -3.25. The topological polar surface area (TPSA) is 83.8 Å². The van der Waals surface area contributed by atoms with Crippen LogP contribution in [0.1, 0.15) is 43.1 Å². The van der Waals surface area contributed by atoms with E-state index >= 15 is 4.39 Å². The third-order valence-corrected chi connectivity index (χ3v) is 6.19. The number of anilines is 1. The Hall–Kier alpha value is -2.75. The van der Waals surface area contributed by atoms with E-state index in [2.05, 4.69) is 5.32 Å². The van der Waals surface area contributed by atoms with Gasteiger partial charge in [0, 0.05) is 31.4 Å². The zero-order chi connectivity index (χ0) is 22.7. The van der Waals surface area contributed by atoms with E-state index in [1.165, 1.54) is 4.57 Å². The van der Waals surface area contributed by atoms with Gasteiger partial charge in [-0.05, 0) is 31.4 Å². The molecule has 0 bridgehead atoms. The Morgan fingerprint density at radius 2 is 2.03 bits per heavy atom. The number of hydrogen-bond acceptors (Lipinski definition) is 5. The van der Waals surface area contributed by atoms with Gasteiger partial charge in [-0.3, -0.25) is 4.79 Å². The fraction of sp³-hybridized carbons (Fsp3) is 0.524. The second-order valence-electron chi connectivity index (χ2n) is 8.84. The number of benzene rings is 1. The Bertz CT molecular complexity index is 1110. The van der Waals surface area contributed by atoms with E-state index in [-0.39, 0.29) is 34.1 Å². The molecule has 168 valence electrons. The second kappa shape index (κ2) is 7.44. The number of carboxylic acid groups (broad SMARTS) is 1. The standard InChI is InChI=1S/C21H24F3N3O4/c1-21(2)9-26(8-14(21)25-3)16-13(22)6-11-15(18(16)31-20(23)24)27(10-4-5-10)7-12(17(11)28)19(29)30/h6-7,10,14,20,25H,4-5,8-9H2,1-3H3,(H,29,30)/t14-/m1/s1. The van der Waals surface area contributed by atoms with Gasteiger partial charge >= 0.3 is 12.6 Å². The number of carboxylic acids is 1. The van der Waals surface area contributed by atoms with Gasteiger partial charge in [-0.1, -0.05) is 13.8 Å². The van der Waals surface area contributed by atoms with E-state index in [4.69, 9.17) is 4.74 Å². The summed E-state index contributed by atoms with van der Waals surface area (Å²) in [5.74, 6) is -2.79. The summed E-state index contributed by atoms with van der Waals surface area (Å²) in [5.41, 5.74) is -1.89. The number of rotatable bonds is 6. The number of hydrogen-bond donors (Lipinski definition) is 2. The van der Waals surface area contributed by atoms with E-state index in [9.17, 15) is 23.5 Å². The van der Waals surface area contributed by atoms with Crippen molar-refractivity contribution in [1.29, 1.82) is 0 Å². The summed E-state index contributed by atoms with van der Waals surface area (Å²) in [6.45, 7) is 1.45. The van der Waals surface area contributed by atoms with Crippen LogP contribution in [0.5, 0.6) is 5.75 Å². The number of likely N-dealkylation sites (N-methyl/N-ethyl adjacent to an activating group) is 1. The lowest BCUT2D eigenvalue weighted by molar-refractivity contribution is -0.0488. The summed E-state index contributed by atoms with van der Waals surface area (Å²) in [6.07, 6.45) is 2.53. The van der Waals surface area contributed by atoms with Gasteiger partial charge in [0.25, 0.3) is 0 Å². The van der Waals surface area contributed by atoms with Crippen LogP contribution in [-0.2, 0) is 0 Å². The minimum Gasteiger partial charge on any atom is -0.477 e. The summed E-state index contributed by atoms with van der Waals surface area (Å²) < 4.78 is 48.5. The molecule has 31 heavy (non-hydrogen) atoms. The molecule has 10 heteroatoms. The average molecular weight is 439 g/mol. The predicted molar refractivity (Wildman–Crippen MR) is 109 cm³/mol. The number of ether oxygens (including phenoxy) is 1. The highest BCUT2D eigenvalue weighted by molar-refractivity contribution is 5.97. The highest BCUT2D eigenvalue weighted by Gasteiger charge is 2.41. The highest BCUT2D eigenvalue weighted by Crippen LogP contribution is 2.46. The number of halogens is 3. The van der Waals surface area contributed by atoms with Crippen LogP contribution in [0.4, 0.5) is 18.9 Å². The van der Waals surface area contributed by atoms with Crippen molar-refractivity contribution in [3.05, 3.63) is 33.9 Å². The monoisotopic (exact) mass is 439 g/mol. The van der Waals surface area contributed by atoms with Gasteiger partial charge in [-0.15, -0.1) is 0 Å². The molecule has 2 heterocycles. The van der Waals surface area contributed by atoms with Crippen molar-refractivity contribution in [2.45, 2.75) is 45.4 Å². The van der Waals surface area contributed by atoms with Gasteiger partial charge in [-0.2, -0.15) is 8.78 Å². The van der Waals surface area contributed by atoms with E-state index in [1.807, 2.05) is 13.8 Å². The van der Waals surface area contributed by atoms with Crippen molar-refractivity contribution in [2.75, 3.05) is 25.0 Å². The molecule has 1 atom stereocenters. The first-order valence-electron chi connectivity index (χ1n) is 10.1. The van der Waals surface area contributed by atoms with Crippen LogP contribution in [0, 0.1) is 11.2 Å². The molecule has 0 spiro atoms. The van der Waals surface area contributed by atoms with Crippen LogP contribution in [0.3, 0.4) is 0 Å². The molecule has 1 aromatic heterocycles. The molecular weight excluding hydrogens is 415 g/mol. The number of aromatic nitrogens is 1. The fourth-order valence-electron chi connectivity index (χ4n) is 4.52. The third kappa shape index (κ3) is 3.62. The quantitative estimate of drug-likeness (QED) is 0.719. The molecule has 2 N–H and O–H groups in total. The van der Waals surface area contributed by atoms with Crippen molar-refractivity contribution in [1.82, 2.24) is 9.88 Å². The van der Waals surface area contributed by atoms with Crippen molar-refractivity contribution < 1.29 is 27.8 Å². The van der Waals surface area contributed by atoms with Gasteiger partial charge in [0.2, 0.25) is 5.43 Å². The highest BCUT2D eigenvalue weighted by atomic mass is 19.3. The number of nitrogens with one attached hydrogen (secondary N) is 1. The molecule has 1 saturated heterocycles. The van der Waals surface area contributed by atoms with E-state index in [1.54, 1.807) is 11.9 Å². The second-order valence-corrected chi connectivity index (χ2v) is 8.84. The van der Waals surface area contributed by atoms with Gasteiger partial charge in [0.15, 0.2) is 11.6 Å². The van der Waals surface area contributed by atoms with E-state index < -0.39 is 35.1 Å². The van der Waals surface area contributed by atoms with E-state index in [0.29, 0.717) is 25.9 Å². The van der Waals surface area contributed by atoms with Gasteiger partial charge < -0.3 is 24.6 Å². The maximum atomic E-state index is 15.3. The van der Waals surface area contributed by atoms with Crippen molar-refractivity contribution in [3.8, 4) is 5.75 Å². The molecule has 2 aliphatic rings. The van der Waals surface area contributed by atoms with Crippen LogP contribution >= 0.6 is 0 Å². The number of alkyl halides is 2. The van der Waals surface area contributed by atoms with Crippen molar-refractivity contribution in [2.24, 2.45) is 5.41 Å². The lowest BCUT2D eigenvalue weighted by Gasteiger charge is -2.26. The largest absolute Gasteiger partial charge is 0.477 e. The fourth-order valence-corrected chi connectivity index (χ4v) is 4.52. The molecule has 2 fully saturated rings. The maximum absolute atomic E-state index is 15.3. The lowest BCUT2D eigenvalue weighted by atomic mass is 9.88. The van der Waals surface area contributed by atoms with Crippen LogP contribution in [0.2, 0.25) is 0 Å². The zero-order valence-corrected chi connectivity index (χ0v) is 17.4. The van der Waals surface area contributed by atoms with Crippen LogP contribution in [0.15, 0.2) is 17.1 Å². The molecule has 1 saturated carbocycles. The molecule has 1 aliphatic carbocycles. The third-order valence-electron chi connectivity index (χ3n) is 6.19. The first-order valence-corrected chi connectivity index (χ1v) is 10.1. The summed E-state index contributed by atoms with van der Waals surface area (Å²) in [7, 11) is 1.78. The lowest BCUT2D eigenvalue weighted by Crippen LogP contribution is -2.38. The van der Waals surface area contributed by atoms with Crippen LogP contribution < -0.4 is 20.4 Å². The average Bonchev–Trinajstić information content (AvgIpc) is 3.45. The number of carbonyl (C=O) groups is 1. The summed E-state index contributed by atoms with van der Waals surface area (Å²) in [5, 5.41) is 12.3. The van der Waals surface area contributed by atoms with E-state index in [0.717, 1.165) is 12.3 Å². The normalized spacial score (nSPS) is 20.6. The van der Waals surface area contributed by atoms with Gasteiger partial charge in [0.1, 0.15) is 11.3 Å². The minimum absolute atomic E-state index is 0.0000798. The Morgan fingerprint density at radius 1 is 1.35 bits per heavy atom. The summed E-state index contributed by atoms with van der Waals surface area (Å²) in [6, 6.07) is 0.748. The Balaban J connectivity index is 2.03. The predicted octanol–water partition coefficient (Wildman–Crippen LogP) is 3.21. The summed E-state index contributed by atoms with van der Waals surface area (Å²) in [4.78, 5) is 26.0. The smallest absolute Gasteiger partial charge is 0.387 e. The molecule has 1 aliphatic heterocycles. The number of fused-ring (bicyclic) bond motifs is 1. The zero-order valence-electron chi connectivity index (χ0n) is 17.4. The molecular formula is C21H24F3N3O4. The molecule has 0 amide bonds. The van der Waals surface area contributed by atoms with Crippen molar-refractivity contribution >= 4 is 22.6 Å². The molecule has 1 aromatic carbocycles. The molecule has 0 radical (unpaired) electrons. The summed E-state index contributed by atoms with van der Waals surface area (Å²) >= 11 is 0. The number of nitrogens with zero attached hydrogens (tertiary/aromatic N) is 2.